The monoisotopic (exact) mass is 335 g/mol. The summed E-state index contributed by atoms with van der Waals surface area (Å²) < 4.78 is 40.3. The molecule has 0 bridgehead atoms. The molecule has 6 heteroatoms. The summed E-state index contributed by atoms with van der Waals surface area (Å²) in [5.41, 5.74) is 0. The topological polar surface area (TPSA) is 37.4 Å². The molecule has 0 radical (unpaired) electrons. The smallest absolute Gasteiger partial charge is 0.207 e. The van der Waals surface area contributed by atoms with Gasteiger partial charge in [-0.3, -0.25) is 0 Å². The second-order valence-corrected chi connectivity index (χ2v) is 7.32. The fourth-order valence-electron chi connectivity index (χ4n) is 2.17. The Bertz CT molecular complexity index is 547. The van der Waals surface area contributed by atoms with Crippen molar-refractivity contribution in [2.24, 2.45) is 5.92 Å². The van der Waals surface area contributed by atoms with Gasteiger partial charge >= 0.3 is 0 Å². The van der Waals surface area contributed by atoms with E-state index in [9.17, 15) is 12.8 Å². The molecular formula is C12H15BrFNO2S. The molecule has 1 saturated heterocycles. The first kappa shape index (κ1) is 14.0. The quantitative estimate of drug-likeness (QED) is 0.851. The number of halogens is 2. The fourth-order valence-corrected chi connectivity index (χ4v) is 4.08. The molecule has 0 aliphatic carbocycles. The van der Waals surface area contributed by atoms with Crippen LogP contribution < -0.4 is 0 Å². The van der Waals surface area contributed by atoms with Crippen LogP contribution in [0.25, 0.3) is 0 Å². The van der Waals surface area contributed by atoms with Gasteiger partial charge in [-0.05, 0) is 30.5 Å². The van der Waals surface area contributed by atoms with Gasteiger partial charge in [0.2, 0.25) is 10.0 Å². The van der Waals surface area contributed by atoms with Crippen molar-refractivity contribution in [3.8, 4) is 0 Å². The Balaban J connectivity index is 2.31. The molecule has 1 aromatic carbocycles. The van der Waals surface area contributed by atoms with Crippen LogP contribution in [0.15, 0.2) is 27.6 Å². The minimum absolute atomic E-state index is 0.234. The number of benzene rings is 1. The molecule has 0 spiro atoms. The van der Waals surface area contributed by atoms with Gasteiger partial charge < -0.3 is 0 Å². The van der Waals surface area contributed by atoms with Crippen LogP contribution in [0, 0.1) is 11.7 Å². The summed E-state index contributed by atoms with van der Waals surface area (Å²) in [5, 5.41) is 0. The van der Waals surface area contributed by atoms with Crippen molar-refractivity contribution in [3.63, 3.8) is 0 Å². The van der Waals surface area contributed by atoms with E-state index in [1.54, 1.807) is 6.07 Å². The zero-order valence-corrected chi connectivity index (χ0v) is 12.5. The van der Waals surface area contributed by atoms with Crippen LogP contribution in [0.2, 0.25) is 0 Å². The van der Waals surface area contributed by atoms with E-state index in [1.165, 1.54) is 16.4 Å². The maximum Gasteiger partial charge on any atom is 0.245 e. The van der Waals surface area contributed by atoms with Crippen molar-refractivity contribution in [1.82, 2.24) is 4.31 Å². The maximum atomic E-state index is 13.7. The number of hydrogen-bond donors (Lipinski definition) is 0. The Morgan fingerprint density at radius 3 is 2.78 bits per heavy atom. The third-order valence-corrected chi connectivity index (χ3v) is 5.73. The molecular weight excluding hydrogens is 321 g/mol. The van der Waals surface area contributed by atoms with Gasteiger partial charge in [0.15, 0.2) is 0 Å². The minimum Gasteiger partial charge on any atom is -0.207 e. The van der Waals surface area contributed by atoms with Gasteiger partial charge in [0.1, 0.15) is 10.7 Å². The molecule has 2 rings (SSSR count). The SMILES string of the molecule is CCC1CCN(S(=O)(=O)c2ccc(Br)cc2F)C1. The highest BCUT2D eigenvalue weighted by molar-refractivity contribution is 9.10. The van der Waals surface area contributed by atoms with Crippen LogP contribution in [0.1, 0.15) is 19.8 Å². The molecule has 1 aromatic rings. The zero-order valence-electron chi connectivity index (χ0n) is 10.1. The van der Waals surface area contributed by atoms with Crippen molar-refractivity contribution in [2.75, 3.05) is 13.1 Å². The van der Waals surface area contributed by atoms with Crippen LogP contribution in [-0.2, 0) is 10.0 Å². The second kappa shape index (κ2) is 5.27. The minimum atomic E-state index is -3.69. The van der Waals surface area contributed by atoms with Crippen LogP contribution in [0.3, 0.4) is 0 Å². The molecule has 3 nitrogen and oxygen atoms in total. The fraction of sp³-hybridized carbons (Fsp3) is 0.500. The molecule has 0 N–H and O–H groups in total. The number of rotatable bonds is 3. The van der Waals surface area contributed by atoms with Gasteiger partial charge in [-0.2, -0.15) is 4.31 Å². The van der Waals surface area contributed by atoms with E-state index in [4.69, 9.17) is 0 Å². The molecule has 0 aromatic heterocycles. The number of nitrogens with zero attached hydrogens (tertiary/aromatic N) is 1. The highest BCUT2D eigenvalue weighted by Gasteiger charge is 2.33. The molecule has 0 amide bonds. The van der Waals surface area contributed by atoms with E-state index in [0.717, 1.165) is 12.8 Å². The lowest BCUT2D eigenvalue weighted by atomic mass is 10.1. The Kier molecular flexibility index (Phi) is 4.08. The van der Waals surface area contributed by atoms with Gasteiger partial charge in [0, 0.05) is 17.6 Å². The molecule has 1 heterocycles. The van der Waals surface area contributed by atoms with Crippen molar-refractivity contribution >= 4 is 26.0 Å². The summed E-state index contributed by atoms with van der Waals surface area (Å²) in [6.07, 6.45) is 1.81. The first-order valence-electron chi connectivity index (χ1n) is 5.90. The zero-order chi connectivity index (χ0) is 13.3. The third kappa shape index (κ3) is 2.60. The standard InChI is InChI=1S/C12H15BrFNO2S/c1-2-9-5-6-15(8-9)18(16,17)12-4-3-10(13)7-11(12)14/h3-4,7,9H,2,5-6,8H2,1H3. The molecule has 1 unspecified atom stereocenters. The molecule has 1 aliphatic rings. The third-order valence-electron chi connectivity index (χ3n) is 3.34. The Hall–Kier alpha value is -0.460. The van der Waals surface area contributed by atoms with E-state index in [1.807, 2.05) is 6.92 Å². The van der Waals surface area contributed by atoms with Gasteiger partial charge in [0.25, 0.3) is 0 Å². The average Bonchev–Trinajstić information content (AvgIpc) is 2.77. The summed E-state index contributed by atoms with van der Waals surface area (Å²) in [7, 11) is -3.69. The molecule has 0 saturated carbocycles. The molecule has 1 fully saturated rings. The molecule has 1 aliphatic heterocycles. The van der Waals surface area contributed by atoms with Crippen LogP contribution in [0.5, 0.6) is 0 Å². The van der Waals surface area contributed by atoms with Gasteiger partial charge in [-0.1, -0.05) is 29.3 Å². The van der Waals surface area contributed by atoms with E-state index in [0.29, 0.717) is 23.5 Å². The summed E-state index contributed by atoms with van der Waals surface area (Å²) in [6, 6.07) is 4.04. The molecule has 100 valence electrons. The van der Waals surface area contributed by atoms with E-state index >= 15 is 0 Å². The van der Waals surface area contributed by atoms with E-state index < -0.39 is 15.8 Å². The summed E-state index contributed by atoms with van der Waals surface area (Å²) >= 11 is 3.12. The Labute approximate surface area is 115 Å². The van der Waals surface area contributed by atoms with Crippen molar-refractivity contribution in [1.29, 1.82) is 0 Å². The highest BCUT2D eigenvalue weighted by Crippen LogP contribution is 2.28. The second-order valence-electron chi connectivity index (χ2n) is 4.50. The van der Waals surface area contributed by atoms with Crippen LogP contribution in [-0.4, -0.2) is 25.8 Å². The van der Waals surface area contributed by atoms with Crippen molar-refractivity contribution in [2.45, 2.75) is 24.7 Å². The Morgan fingerprint density at radius 1 is 1.50 bits per heavy atom. The molecule has 1 atom stereocenters. The number of hydrogen-bond acceptors (Lipinski definition) is 2. The van der Waals surface area contributed by atoms with Crippen molar-refractivity contribution in [3.05, 3.63) is 28.5 Å². The number of sulfonamides is 1. The predicted molar refractivity (Wildman–Crippen MR) is 71.3 cm³/mol. The summed E-state index contributed by atoms with van der Waals surface area (Å²) in [5.74, 6) is -0.317. The normalized spacial score (nSPS) is 21.4. The van der Waals surface area contributed by atoms with Crippen molar-refractivity contribution < 1.29 is 12.8 Å². The lowest BCUT2D eigenvalue weighted by Gasteiger charge is -2.16. The van der Waals surface area contributed by atoms with Crippen LogP contribution >= 0.6 is 15.9 Å². The predicted octanol–water partition coefficient (Wildman–Crippen LogP) is 3.01. The molecule has 18 heavy (non-hydrogen) atoms. The van der Waals surface area contributed by atoms with Gasteiger partial charge in [0.05, 0.1) is 0 Å². The average molecular weight is 336 g/mol. The first-order valence-corrected chi connectivity index (χ1v) is 8.13. The summed E-state index contributed by atoms with van der Waals surface area (Å²) in [4.78, 5) is -0.234. The van der Waals surface area contributed by atoms with Gasteiger partial charge in [-0.25, -0.2) is 12.8 Å². The first-order chi connectivity index (χ1) is 8.45. The lowest BCUT2D eigenvalue weighted by Crippen LogP contribution is -2.29. The maximum absolute atomic E-state index is 13.7. The van der Waals surface area contributed by atoms with E-state index in [2.05, 4.69) is 15.9 Å². The van der Waals surface area contributed by atoms with Crippen LogP contribution in [0.4, 0.5) is 4.39 Å². The summed E-state index contributed by atoms with van der Waals surface area (Å²) in [6.45, 7) is 3.02. The highest BCUT2D eigenvalue weighted by atomic mass is 79.9. The lowest BCUT2D eigenvalue weighted by molar-refractivity contribution is 0.448. The Morgan fingerprint density at radius 2 is 2.22 bits per heavy atom. The largest absolute Gasteiger partial charge is 0.245 e. The van der Waals surface area contributed by atoms with E-state index in [-0.39, 0.29) is 4.90 Å². The van der Waals surface area contributed by atoms with Gasteiger partial charge in [-0.15, -0.1) is 0 Å².